The molecule has 2 amide bonds. The summed E-state index contributed by atoms with van der Waals surface area (Å²) in [6, 6.07) is 3.16. The summed E-state index contributed by atoms with van der Waals surface area (Å²) in [6.45, 7) is 4.04. The van der Waals surface area contributed by atoms with Gasteiger partial charge in [0.1, 0.15) is 11.0 Å². The Morgan fingerprint density at radius 1 is 1.35 bits per heavy atom. The lowest BCUT2D eigenvalue weighted by Crippen LogP contribution is -2.34. The zero-order valence-corrected chi connectivity index (χ0v) is 12.5. The van der Waals surface area contributed by atoms with Gasteiger partial charge < -0.3 is 16.0 Å². The summed E-state index contributed by atoms with van der Waals surface area (Å²) in [5.74, 6) is 0.132. The molecule has 0 aliphatic rings. The number of hydrogen-bond donors (Lipinski definition) is 3. The molecule has 3 N–H and O–H groups in total. The summed E-state index contributed by atoms with van der Waals surface area (Å²) in [6.07, 6.45) is 0.238. The van der Waals surface area contributed by atoms with Crippen LogP contribution in [0.25, 0.3) is 0 Å². The predicted molar refractivity (Wildman–Crippen MR) is 79.0 cm³/mol. The molecule has 0 radical (unpaired) electrons. The van der Waals surface area contributed by atoms with Crippen LogP contribution in [0.1, 0.15) is 30.6 Å². The Bertz CT molecular complexity index is 491. The van der Waals surface area contributed by atoms with Gasteiger partial charge in [-0.2, -0.15) is 0 Å². The molecule has 0 saturated heterocycles. The Labute approximate surface area is 123 Å². The van der Waals surface area contributed by atoms with Gasteiger partial charge in [-0.1, -0.05) is 11.6 Å². The molecule has 1 aromatic heterocycles. The van der Waals surface area contributed by atoms with Crippen LogP contribution in [-0.4, -0.2) is 36.4 Å². The van der Waals surface area contributed by atoms with E-state index in [1.165, 1.54) is 6.07 Å². The van der Waals surface area contributed by atoms with E-state index in [4.69, 9.17) is 11.6 Å². The molecule has 0 aromatic carbocycles. The van der Waals surface area contributed by atoms with Crippen molar-refractivity contribution in [2.24, 2.45) is 0 Å². The minimum Gasteiger partial charge on any atom is -0.373 e. The van der Waals surface area contributed by atoms with Crippen molar-refractivity contribution in [1.29, 1.82) is 0 Å². The molecule has 0 spiro atoms. The van der Waals surface area contributed by atoms with E-state index in [0.717, 1.165) is 0 Å². The smallest absolute Gasteiger partial charge is 0.251 e. The summed E-state index contributed by atoms with van der Waals surface area (Å²) < 4.78 is 0. The first kappa shape index (κ1) is 16.2. The third-order valence-electron chi connectivity index (χ3n) is 2.40. The summed E-state index contributed by atoms with van der Waals surface area (Å²) in [4.78, 5) is 27.3. The molecule has 1 heterocycles. The van der Waals surface area contributed by atoms with Crippen LogP contribution in [0.3, 0.4) is 0 Å². The van der Waals surface area contributed by atoms with Gasteiger partial charge in [-0.15, -0.1) is 0 Å². The Hall–Kier alpha value is -1.82. The number of halogens is 1. The summed E-state index contributed by atoms with van der Waals surface area (Å²) in [5.41, 5.74) is 0.401. The van der Waals surface area contributed by atoms with Crippen molar-refractivity contribution >= 4 is 29.2 Å². The number of nitrogens with zero attached hydrogens (tertiary/aromatic N) is 1. The largest absolute Gasteiger partial charge is 0.373 e. The van der Waals surface area contributed by atoms with Crippen LogP contribution in [0.2, 0.25) is 5.15 Å². The van der Waals surface area contributed by atoms with Crippen molar-refractivity contribution in [3.05, 3.63) is 22.8 Å². The molecule has 0 saturated carbocycles. The van der Waals surface area contributed by atoms with E-state index in [1.807, 2.05) is 13.8 Å². The first-order chi connectivity index (χ1) is 9.42. The SMILES string of the molecule is CNc1cc(C(=O)NCCC(=O)NC(C)C)cc(Cl)n1. The molecule has 1 aromatic rings. The van der Waals surface area contributed by atoms with E-state index in [0.29, 0.717) is 11.4 Å². The first-order valence-corrected chi connectivity index (χ1v) is 6.73. The summed E-state index contributed by atoms with van der Waals surface area (Å²) >= 11 is 5.82. The average Bonchev–Trinajstić information content (AvgIpc) is 2.36. The second kappa shape index (κ2) is 7.69. The number of hydrogen-bond acceptors (Lipinski definition) is 4. The van der Waals surface area contributed by atoms with Gasteiger partial charge in [0.25, 0.3) is 5.91 Å². The van der Waals surface area contributed by atoms with Gasteiger partial charge in [0.05, 0.1) is 0 Å². The number of anilines is 1. The Kier molecular flexibility index (Phi) is 6.24. The molecule has 0 unspecified atom stereocenters. The fourth-order valence-electron chi connectivity index (χ4n) is 1.54. The monoisotopic (exact) mass is 298 g/mol. The standard InChI is InChI=1S/C13H19ClN4O2/c1-8(2)17-12(19)4-5-16-13(20)9-6-10(14)18-11(7-9)15-3/h6-8H,4-5H2,1-3H3,(H,15,18)(H,16,20)(H,17,19). The van der Waals surface area contributed by atoms with Crippen molar-refractivity contribution in [2.75, 3.05) is 18.9 Å². The quantitative estimate of drug-likeness (QED) is 0.694. The third kappa shape index (κ3) is 5.44. The second-order valence-electron chi connectivity index (χ2n) is 4.54. The lowest BCUT2D eigenvalue weighted by molar-refractivity contribution is -0.121. The van der Waals surface area contributed by atoms with Crippen molar-refractivity contribution < 1.29 is 9.59 Å². The fraction of sp³-hybridized carbons (Fsp3) is 0.462. The van der Waals surface area contributed by atoms with Crippen molar-refractivity contribution in [3.8, 4) is 0 Å². The number of amides is 2. The van der Waals surface area contributed by atoms with Gasteiger partial charge in [0, 0.05) is 31.6 Å². The van der Waals surface area contributed by atoms with E-state index in [1.54, 1.807) is 13.1 Å². The van der Waals surface area contributed by atoms with Crippen LogP contribution in [0.4, 0.5) is 5.82 Å². The molecule has 6 nitrogen and oxygen atoms in total. The highest BCUT2D eigenvalue weighted by molar-refractivity contribution is 6.29. The van der Waals surface area contributed by atoms with Gasteiger partial charge in [0.2, 0.25) is 5.91 Å². The molecule has 0 aliphatic heterocycles. The Morgan fingerprint density at radius 3 is 2.65 bits per heavy atom. The minimum absolute atomic E-state index is 0.0930. The van der Waals surface area contributed by atoms with E-state index >= 15 is 0 Å². The predicted octanol–water partition coefficient (Wildman–Crippen LogP) is 1.42. The third-order valence-corrected chi connectivity index (χ3v) is 2.59. The maximum absolute atomic E-state index is 11.9. The summed E-state index contributed by atoms with van der Waals surface area (Å²) in [7, 11) is 1.69. The van der Waals surface area contributed by atoms with Gasteiger partial charge in [-0.25, -0.2) is 4.98 Å². The molecule has 0 atom stereocenters. The zero-order chi connectivity index (χ0) is 15.1. The molecular formula is C13H19ClN4O2. The first-order valence-electron chi connectivity index (χ1n) is 6.35. The topological polar surface area (TPSA) is 83.1 Å². The van der Waals surface area contributed by atoms with Gasteiger partial charge in [-0.3, -0.25) is 9.59 Å². The van der Waals surface area contributed by atoms with Crippen LogP contribution in [0.5, 0.6) is 0 Å². The maximum atomic E-state index is 11.9. The number of nitrogens with one attached hydrogen (secondary N) is 3. The van der Waals surface area contributed by atoms with Gasteiger partial charge >= 0.3 is 0 Å². The van der Waals surface area contributed by atoms with Gasteiger partial charge in [0.15, 0.2) is 0 Å². The number of pyridine rings is 1. The van der Waals surface area contributed by atoms with Gasteiger partial charge in [-0.05, 0) is 26.0 Å². The molecule has 110 valence electrons. The van der Waals surface area contributed by atoms with E-state index < -0.39 is 0 Å². The van der Waals surface area contributed by atoms with Crippen molar-refractivity contribution in [2.45, 2.75) is 26.3 Å². The van der Waals surface area contributed by atoms with Crippen LogP contribution in [0.15, 0.2) is 12.1 Å². The molecular weight excluding hydrogens is 280 g/mol. The Balaban J connectivity index is 2.51. The van der Waals surface area contributed by atoms with E-state index in [2.05, 4.69) is 20.9 Å². The van der Waals surface area contributed by atoms with Crippen LogP contribution in [0, 0.1) is 0 Å². The van der Waals surface area contributed by atoms with Crippen LogP contribution in [-0.2, 0) is 4.79 Å². The highest BCUT2D eigenvalue weighted by Crippen LogP contribution is 2.13. The second-order valence-corrected chi connectivity index (χ2v) is 4.93. The molecule has 20 heavy (non-hydrogen) atoms. The van der Waals surface area contributed by atoms with Crippen molar-refractivity contribution in [3.63, 3.8) is 0 Å². The number of aromatic nitrogens is 1. The van der Waals surface area contributed by atoms with Crippen molar-refractivity contribution in [1.82, 2.24) is 15.6 Å². The number of carbonyl (C=O) groups is 2. The molecule has 7 heteroatoms. The van der Waals surface area contributed by atoms with Crippen LogP contribution >= 0.6 is 11.6 Å². The molecule has 1 rings (SSSR count). The highest BCUT2D eigenvalue weighted by Gasteiger charge is 2.09. The normalized spacial score (nSPS) is 10.2. The van der Waals surface area contributed by atoms with E-state index in [-0.39, 0.29) is 36.0 Å². The summed E-state index contributed by atoms with van der Waals surface area (Å²) in [5, 5.41) is 8.47. The molecule has 0 bridgehead atoms. The number of carbonyl (C=O) groups excluding carboxylic acids is 2. The maximum Gasteiger partial charge on any atom is 0.251 e. The van der Waals surface area contributed by atoms with Crippen LogP contribution < -0.4 is 16.0 Å². The highest BCUT2D eigenvalue weighted by atomic mass is 35.5. The van der Waals surface area contributed by atoms with E-state index in [9.17, 15) is 9.59 Å². The zero-order valence-electron chi connectivity index (χ0n) is 11.8. The fourth-order valence-corrected chi connectivity index (χ4v) is 1.75. The number of rotatable bonds is 6. The molecule has 0 aliphatic carbocycles. The molecule has 0 fully saturated rings. The lowest BCUT2D eigenvalue weighted by Gasteiger charge is -2.09. The lowest BCUT2D eigenvalue weighted by atomic mass is 10.2. The Morgan fingerprint density at radius 2 is 2.05 bits per heavy atom. The average molecular weight is 299 g/mol. The minimum atomic E-state index is -0.289.